The molecule has 0 spiro atoms. The van der Waals surface area contributed by atoms with Crippen molar-refractivity contribution in [1.29, 1.82) is 0 Å². The molecule has 10 heteroatoms. The fraction of sp³-hybridized carbons (Fsp3) is 0.310. The van der Waals surface area contributed by atoms with Crippen LogP contribution in [0.4, 0.5) is 0 Å². The maximum atomic E-state index is 13.7. The number of fused-ring (bicyclic) bond motifs is 1. The normalized spacial score (nSPS) is 13.5. The van der Waals surface area contributed by atoms with E-state index in [9.17, 15) is 18.3 Å². The Balaban J connectivity index is 1.54. The Labute approximate surface area is 233 Å². The molecule has 4 rings (SSSR count). The molecule has 0 radical (unpaired) electrons. The molecule has 1 amide bonds. The predicted octanol–water partition coefficient (Wildman–Crippen LogP) is 4.11. The zero-order valence-electron chi connectivity index (χ0n) is 21.9. The lowest BCUT2D eigenvalue weighted by Crippen LogP contribution is -2.52. The monoisotopic (exact) mass is 567 g/mol. The smallest absolute Gasteiger partial charge is 0.258 e. The van der Waals surface area contributed by atoms with Gasteiger partial charge < -0.3 is 15.2 Å². The number of hydrogen-bond donors (Lipinski definition) is 2. The van der Waals surface area contributed by atoms with Gasteiger partial charge in [0.1, 0.15) is 5.75 Å². The number of aliphatic hydroxyl groups is 1. The summed E-state index contributed by atoms with van der Waals surface area (Å²) in [7, 11) is -3.93. The first-order valence-electron chi connectivity index (χ1n) is 12.7. The van der Waals surface area contributed by atoms with Crippen LogP contribution in [-0.2, 0) is 21.2 Å². The number of aromatic nitrogens is 1. The largest absolute Gasteiger partial charge is 0.484 e. The number of carbonyl (C=O) groups excluding carboxylic acids is 1. The average Bonchev–Trinajstić information content (AvgIpc) is 3.40. The minimum Gasteiger partial charge on any atom is -0.484 e. The van der Waals surface area contributed by atoms with Crippen molar-refractivity contribution in [3.63, 3.8) is 0 Å². The standard InChI is InChI=1S/C29H33N3O5S2/c1-21(2)17-32(39(35,36)24-13-14-25-28(16-24)38-20-30-25)18-27(33)26(15-22-9-5-3-6-10-22)31-29(34)19-37-23-11-7-4-8-12-23/h3-14,16,20-21,26-27,33H,15,17-19H2,1-2H3,(H,31,34)/t26-,27+/m0/s1. The van der Waals surface area contributed by atoms with Crippen LogP contribution < -0.4 is 10.1 Å². The Bertz CT molecular complexity index is 1460. The number of hydrogen-bond acceptors (Lipinski definition) is 7. The second-order valence-electron chi connectivity index (χ2n) is 9.73. The topological polar surface area (TPSA) is 109 Å². The van der Waals surface area contributed by atoms with Crippen molar-refractivity contribution in [1.82, 2.24) is 14.6 Å². The van der Waals surface area contributed by atoms with Crippen LogP contribution >= 0.6 is 11.3 Å². The zero-order valence-corrected chi connectivity index (χ0v) is 23.6. The van der Waals surface area contributed by atoms with Crippen molar-refractivity contribution in [3.8, 4) is 5.75 Å². The maximum absolute atomic E-state index is 13.7. The van der Waals surface area contributed by atoms with Crippen molar-refractivity contribution >= 4 is 37.5 Å². The van der Waals surface area contributed by atoms with E-state index in [2.05, 4.69) is 10.3 Å². The molecule has 0 fully saturated rings. The molecule has 1 heterocycles. The molecule has 0 aliphatic rings. The van der Waals surface area contributed by atoms with Crippen LogP contribution in [-0.4, -0.2) is 60.6 Å². The van der Waals surface area contributed by atoms with E-state index >= 15 is 0 Å². The lowest BCUT2D eigenvalue weighted by atomic mass is 10.0. The SMILES string of the molecule is CC(C)CN(C[C@@H](O)[C@H](Cc1ccccc1)NC(=O)COc1ccccc1)S(=O)(=O)c1ccc2ncsc2c1. The fourth-order valence-electron chi connectivity index (χ4n) is 4.22. The lowest BCUT2D eigenvalue weighted by Gasteiger charge is -2.30. The number of amides is 1. The molecule has 0 aliphatic carbocycles. The Morgan fingerprint density at radius 3 is 2.41 bits per heavy atom. The summed E-state index contributed by atoms with van der Waals surface area (Å²) in [6.45, 7) is 3.64. The Hall–Kier alpha value is -3.31. The second kappa shape index (κ2) is 13.2. The van der Waals surface area contributed by atoms with Crippen LogP contribution in [0.1, 0.15) is 19.4 Å². The molecule has 1 aromatic heterocycles. The molecule has 0 unspecified atom stereocenters. The van der Waals surface area contributed by atoms with Gasteiger partial charge in [-0.3, -0.25) is 4.79 Å². The van der Waals surface area contributed by atoms with Crippen LogP contribution in [0.15, 0.2) is 89.3 Å². The molecule has 0 aliphatic heterocycles. The first-order valence-corrected chi connectivity index (χ1v) is 15.1. The summed E-state index contributed by atoms with van der Waals surface area (Å²) in [6, 6.07) is 22.5. The van der Waals surface area contributed by atoms with Crippen LogP contribution in [0.25, 0.3) is 10.2 Å². The number of para-hydroxylation sites is 1. The van der Waals surface area contributed by atoms with E-state index in [0.717, 1.165) is 15.8 Å². The number of rotatable bonds is 13. The van der Waals surface area contributed by atoms with Gasteiger partial charge in [-0.15, -0.1) is 11.3 Å². The summed E-state index contributed by atoms with van der Waals surface area (Å²) in [5.74, 6) is 0.160. The van der Waals surface area contributed by atoms with E-state index in [1.165, 1.54) is 15.6 Å². The van der Waals surface area contributed by atoms with Gasteiger partial charge in [-0.1, -0.05) is 62.4 Å². The number of carbonyl (C=O) groups is 1. The van der Waals surface area contributed by atoms with Crippen LogP contribution in [0, 0.1) is 5.92 Å². The third-order valence-corrected chi connectivity index (χ3v) is 8.74. The third-order valence-electron chi connectivity index (χ3n) is 6.12. The summed E-state index contributed by atoms with van der Waals surface area (Å²) < 4.78 is 35.1. The summed E-state index contributed by atoms with van der Waals surface area (Å²) in [5, 5.41) is 14.2. The van der Waals surface area contributed by atoms with Crippen molar-refractivity contribution in [2.24, 2.45) is 5.92 Å². The lowest BCUT2D eigenvalue weighted by molar-refractivity contribution is -0.124. The number of nitrogens with zero attached hydrogens (tertiary/aromatic N) is 2. The van der Waals surface area contributed by atoms with Crippen molar-refractivity contribution in [2.75, 3.05) is 19.7 Å². The quantitative estimate of drug-likeness (QED) is 0.252. The van der Waals surface area contributed by atoms with E-state index in [0.29, 0.717) is 12.2 Å². The molecule has 0 saturated carbocycles. The highest BCUT2D eigenvalue weighted by Gasteiger charge is 2.31. The number of benzene rings is 3. The molecule has 39 heavy (non-hydrogen) atoms. The van der Waals surface area contributed by atoms with Crippen molar-refractivity contribution in [3.05, 3.63) is 89.9 Å². The first kappa shape index (κ1) is 28.7. The fourth-order valence-corrected chi connectivity index (χ4v) is 6.66. The number of thiazole rings is 1. The molecular weight excluding hydrogens is 534 g/mol. The molecule has 0 bridgehead atoms. The number of sulfonamides is 1. The molecule has 4 aromatic rings. The van der Waals surface area contributed by atoms with E-state index in [1.54, 1.807) is 35.8 Å². The van der Waals surface area contributed by atoms with Crippen molar-refractivity contribution in [2.45, 2.75) is 37.3 Å². The minimum atomic E-state index is -3.93. The Morgan fingerprint density at radius 2 is 1.72 bits per heavy atom. The maximum Gasteiger partial charge on any atom is 0.258 e. The van der Waals surface area contributed by atoms with Crippen LogP contribution in [0.3, 0.4) is 0 Å². The molecule has 3 aromatic carbocycles. The van der Waals surface area contributed by atoms with Gasteiger partial charge in [-0.05, 0) is 48.2 Å². The summed E-state index contributed by atoms with van der Waals surface area (Å²) in [6.07, 6.45) is -0.854. The minimum absolute atomic E-state index is 0.0144. The van der Waals surface area contributed by atoms with Gasteiger partial charge in [0.25, 0.3) is 5.91 Å². The zero-order chi connectivity index (χ0) is 27.8. The average molecular weight is 568 g/mol. The van der Waals surface area contributed by atoms with Crippen LogP contribution in [0.5, 0.6) is 5.75 Å². The highest BCUT2D eigenvalue weighted by molar-refractivity contribution is 7.89. The Morgan fingerprint density at radius 1 is 1.03 bits per heavy atom. The van der Waals surface area contributed by atoms with Gasteiger partial charge in [0.2, 0.25) is 10.0 Å². The van der Waals surface area contributed by atoms with Gasteiger partial charge in [0, 0.05) is 13.1 Å². The number of aliphatic hydroxyl groups excluding tert-OH is 1. The highest BCUT2D eigenvalue weighted by atomic mass is 32.2. The van der Waals surface area contributed by atoms with E-state index < -0.39 is 28.1 Å². The summed E-state index contributed by atoms with van der Waals surface area (Å²) >= 11 is 1.37. The highest BCUT2D eigenvalue weighted by Crippen LogP contribution is 2.25. The molecule has 0 saturated heterocycles. The van der Waals surface area contributed by atoms with E-state index in [4.69, 9.17) is 4.74 Å². The molecule has 8 nitrogen and oxygen atoms in total. The Kier molecular flexibility index (Phi) is 9.68. The molecule has 2 N–H and O–H groups in total. The summed E-state index contributed by atoms with van der Waals surface area (Å²) in [5.41, 5.74) is 3.31. The van der Waals surface area contributed by atoms with Crippen LogP contribution in [0.2, 0.25) is 0 Å². The van der Waals surface area contributed by atoms with Gasteiger partial charge in [0.05, 0.1) is 32.8 Å². The predicted molar refractivity (Wildman–Crippen MR) is 153 cm³/mol. The first-order chi connectivity index (χ1) is 18.7. The van der Waals surface area contributed by atoms with Gasteiger partial charge in [0.15, 0.2) is 6.61 Å². The second-order valence-corrected chi connectivity index (χ2v) is 12.6. The molecular formula is C29H33N3O5S2. The van der Waals surface area contributed by atoms with Crippen molar-refractivity contribution < 1.29 is 23.1 Å². The number of nitrogens with one attached hydrogen (secondary N) is 1. The van der Waals surface area contributed by atoms with Gasteiger partial charge in [-0.2, -0.15) is 4.31 Å². The summed E-state index contributed by atoms with van der Waals surface area (Å²) in [4.78, 5) is 17.2. The van der Waals surface area contributed by atoms with Gasteiger partial charge >= 0.3 is 0 Å². The van der Waals surface area contributed by atoms with E-state index in [-0.39, 0.29) is 30.5 Å². The number of ether oxygens (including phenoxy) is 1. The molecule has 206 valence electrons. The van der Waals surface area contributed by atoms with E-state index in [1.807, 2.05) is 62.4 Å². The van der Waals surface area contributed by atoms with Gasteiger partial charge in [-0.25, -0.2) is 13.4 Å². The molecule has 2 atom stereocenters. The third kappa shape index (κ3) is 7.86.